The quantitative estimate of drug-likeness (QED) is 0.209. The van der Waals surface area contributed by atoms with Gasteiger partial charge in [-0.25, -0.2) is 0 Å². The smallest absolute Gasteiger partial charge is 0.0249 e. The van der Waals surface area contributed by atoms with E-state index in [1.165, 1.54) is 102 Å². The lowest BCUT2D eigenvalue weighted by Crippen LogP contribution is -2.15. The summed E-state index contributed by atoms with van der Waals surface area (Å²) in [7, 11) is 0. The van der Waals surface area contributed by atoms with Crippen LogP contribution in [0.1, 0.15) is 132 Å². The third-order valence-corrected chi connectivity index (χ3v) is 7.85. The van der Waals surface area contributed by atoms with Crippen LogP contribution in [0.25, 0.3) is 0 Å². The molecule has 0 saturated heterocycles. The lowest BCUT2D eigenvalue weighted by Gasteiger charge is -2.28. The Hall–Kier alpha value is -2.44. The van der Waals surface area contributed by atoms with E-state index in [9.17, 15) is 0 Å². The van der Waals surface area contributed by atoms with E-state index >= 15 is 0 Å². The average Bonchev–Trinajstić information content (AvgIpc) is 2.92. The van der Waals surface area contributed by atoms with E-state index in [4.69, 9.17) is 0 Å². The molecule has 0 unspecified atom stereocenters. The van der Waals surface area contributed by atoms with Crippen molar-refractivity contribution in [3.8, 4) is 23.7 Å². The van der Waals surface area contributed by atoms with E-state index in [0.717, 1.165) is 34.9 Å². The molecule has 2 aromatic carbocycles. The molecule has 1 saturated carbocycles. The second-order valence-corrected chi connectivity index (χ2v) is 10.9. The van der Waals surface area contributed by atoms with Crippen LogP contribution in [-0.2, 0) is 6.42 Å². The van der Waals surface area contributed by atoms with Crippen molar-refractivity contribution in [3.63, 3.8) is 0 Å². The number of unbranched alkanes of at least 4 members (excludes halogenated alkanes) is 7. The number of rotatable bonds is 12. The first-order valence-corrected chi connectivity index (χ1v) is 15.0. The highest BCUT2D eigenvalue weighted by atomic mass is 14.3. The minimum atomic E-state index is 0.936. The van der Waals surface area contributed by atoms with Gasteiger partial charge in [0.15, 0.2) is 0 Å². The van der Waals surface area contributed by atoms with Gasteiger partial charge in [0.05, 0.1) is 0 Å². The molecule has 3 rings (SSSR count). The number of hydrogen-bond acceptors (Lipinski definition) is 0. The zero-order valence-electron chi connectivity index (χ0n) is 23.1. The van der Waals surface area contributed by atoms with Crippen LogP contribution in [0.4, 0.5) is 0 Å². The first-order valence-electron chi connectivity index (χ1n) is 15.0. The molecule has 2 aromatic rings. The lowest BCUT2D eigenvalue weighted by molar-refractivity contribution is 0.249. The van der Waals surface area contributed by atoms with Crippen LogP contribution in [0.3, 0.4) is 0 Å². The van der Waals surface area contributed by atoms with Crippen LogP contribution in [-0.4, -0.2) is 0 Å². The molecule has 192 valence electrons. The maximum Gasteiger partial charge on any atom is 0.0249 e. The Morgan fingerprint density at radius 1 is 0.556 bits per heavy atom. The van der Waals surface area contributed by atoms with Gasteiger partial charge in [0, 0.05) is 23.1 Å². The van der Waals surface area contributed by atoms with Crippen molar-refractivity contribution >= 4 is 0 Å². The highest BCUT2D eigenvalue weighted by Crippen LogP contribution is 2.34. The summed E-state index contributed by atoms with van der Waals surface area (Å²) in [6.45, 7) is 4.56. The monoisotopic (exact) mass is 480 g/mol. The van der Waals surface area contributed by atoms with Crippen molar-refractivity contribution in [1.29, 1.82) is 0 Å². The first kappa shape index (κ1) is 28.1. The van der Waals surface area contributed by atoms with Crippen molar-refractivity contribution in [2.24, 2.45) is 11.8 Å². The molecule has 0 heteroatoms. The van der Waals surface area contributed by atoms with Gasteiger partial charge in [-0.1, -0.05) is 127 Å². The minimum Gasteiger partial charge on any atom is -0.0979 e. The SMILES string of the molecule is CCCCCCCC#Cc1ccc(C#Cc2ccc(CC[C@H]3CC[C@H](CCCCC)CC3)cc2)cc1. The lowest BCUT2D eigenvalue weighted by atomic mass is 9.78. The summed E-state index contributed by atoms with van der Waals surface area (Å²) in [6.07, 6.45) is 21.6. The molecule has 0 radical (unpaired) electrons. The number of benzene rings is 2. The molecule has 0 aromatic heterocycles. The summed E-state index contributed by atoms with van der Waals surface area (Å²) in [5, 5.41) is 0. The predicted molar refractivity (Wildman–Crippen MR) is 157 cm³/mol. The van der Waals surface area contributed by atoms with Crippen molar-refractivity contribution in [3.05, 3.63) is 70.8 Å². The normalized spacial score (nSPS) is 17.1. The molecule has 0 nitrogen and oxygen atoms in total. The summed E-state index contributed by atoms with van der Waals surface area (Å²) in [5.74, 6) is 15.2. The fourth-order valence-electron chi connectivity index (χ4n) is 5.38. The Balaban J connectivity index is 1.37. The van der Waals surface area contributed by atoms with Gasteiger partial charge in [-0.2, -0.15) is 0 Å². The molecule has 1 aliphatic rings. The van der Waals surface area contributed by atoms with Gasteiger partial charge >= 0.3 is 0 Å². The van der Waals surface area contributed by atoms with E-state index in [1.807, 2.05) is 0 Å². The highest BCUT2D eigenvalue weighted by molar-refractivity contribution is 5.46. The summed E-state index contributed by atoms with van der Waals surface area (Å²) in [6, 6.07) is 17.3. The number of aryl methyl sites for hydroxylation is 1. The molecule has 0 heterocycles. The van der Waals surface area contributed by atoms with Crippen LogP contribution in [0, 0.1) is 35.5 Å². The second kappa shape index (κ2) is 17.1. The fourth-order valence-corrected chi connectivity index (χ4v) is 5.38. The van der Waals surface area contributed by atoms with Crippen molar-refractivity contribution in [2.75, 3.05) is 0 Å². The molecule has 1 fully saturated rings. The second-order valence-electron chi connectivity index (χ2n) is 10.9. The van der Waals surface area contributed by atoms with E-state index in [2.05, 4.69) is 86.1 Å². The maximum absolute atomic E-state index is 3.33. The molecule has 0 bridgehead atoms. The van der Waals surface area contributed by atoms with Crippen LogP contribution in [0.5, 0.6) is 0 Å². The van der Waals surface area contributed by atoms with Crippen LogP contribution in [0.15, 0.2) is 48.5 Å². The Bertz CT molecular complexity index is 963. The van der Waals surface area contributed by atoms with Crippen molar-refractivity contribution in [1.82, 2.24) is 0 Å². The summed E-state index contributed by atoms with van der Waals surface area (Å²) < 4.78 is 0. The number of hydrogen-bond donors (Lipinski definition) is 0. The van der Waals surface area contributed by atoms with Gasteiger partial charge < -0.3 is 0 Å². The zero-order valence-corrected chi connectivity index (χ0v) is 23.1. The fraction of sp³-hybridized carbons (Fsp3) is 0.556. The Kier molecular flexibility index (Phi) is 13.4. The first-order chi connectivity index (χ1) is 17.8. The van der Waals surface area contributed by atoms with E-state index in [0.29, 0.717) is 0 Å². The van der Waals surface area contributed by atoms with Gasteiger partial charge in [-0.15, -0.1) is 0 Å². The zero-order chi connectivity index (χ0) is 25.3. The van der Waals surface area contributed by atoms with Gasteiger partial charge in [0.2, 0.25) is 0 Å². The topological polar surface area (TPSA) is 0 Å². The highest BCUT2D eigenvalue weighted by Gasteiger charge is 2.20. The van der Waals surface area contributed by atoms with E-state index < -0.39 is 0 Å². The molecule has 0 aliphatic heterocycles. The minimum absolute atomic E-state index is 0.936. The van der Waals surface area contributed by atoms with Crippen LogP contribution in [0.2, 0.25) is 0 Å². The van der Waals surface area contributed by atoms with Gasteiger partial charge in [0.1, 0.15) is 0 Å². The Morgan fingerprint density at radius 2 is 1.06 bits per heavy atom. The molecular formula is C36H48. The third-order valence-electron chi connectivity index (χ3n) is 7.85. The van der Waals surface area contributed by atoms with E-state index in [1.54, 1.807) is 0 Å². The Morgan fingerprint density at radius 3 is 1.67 bits per heavy atom. The average molecular weight is 481 g/mol. The van der Waals surface area contributed by atoms with Gasteiger partial charge in [-0.3, -0.25) is 0 Å². The standard InChI is InChI=1S/C36H48/c1-3-5-7-8-9-10-12-14-32-17-21-34(22-18-32)24-26-36-29-27-35(28-30-36)25-23-33-19-15-31(16-20-33)13-11-6-4-2/h17-18,21-22,27-31,33H,3-11,13,15-16,19-20,23,25H2,1-2H3/t31-,33-. The largest absolute Gasteiger partial charge is 0.0979 e. The molecule has 0 atom stereocenters. The van der Waals surface area contributed by atoms with Gasteiger partial charge in [-0.05, 0) is 73.1 Å². The molecule has 36 heavy (non-hydrogen) atoms. The van der Waals surface area contributed by atoms with Crippen LogP contribution < -0.4 is 0 Å². The van der Waals surface area contributed by atoms with Crippen LogP contribution >= 0.6 is 0 Å². The summed E-state index contributed by atoms with van der Waals surface area (Å²) in [5.41, 5.74) is 4.69. The maximum atomic E-state index is 3.33. The summed E-state index contributed by atoms with van der Waals surface area (Å²) >= 11 is 0. The molecular weight excluding hydrogens is 432 g/mol. The molecule has 1 aliphatic carbocycles. The predicted octanol–water partition coefficient (Wildman–Crippen LogP) is 10.1. The van der Waals surface area contributed by atoms with Gasteiger partial charge in [0.25, 0.3) is 0 Å². The van der Waals surface area contributed by atoms with E-state index in [-0.39, 0.29) is 0 Å². The molecule has 0 amide bonds. The Labute approximate surface area is 222 Å². The van der Waals surface area contributed by atoms with Crippen molar-refractivity contribution in [2.45, 2.75) is 117 Å². The summed E-state index contributed by atoms with van der Waals surface area (Å²) in [4.78, 5) is 0. The molecule has 0 spiro atoms. The van der Waals surface area contributed by atoms with Crippen molar-refractivity contribution < 1.29 is 0 Å². The molecule has 0 N–H and O–H groups in total. The third kappa shape index (κ3) is 11.1.